The van der Waals surface area contributed by atoms with E-state index in [0.717, 1.165) is 21.1 Å². The summed E-state index contributed by atoms with van der Waals surface area (Å²) in [5, 5.41) is 0. The lowest BCUT2D eigenvalue weighted by Crippen LogP contribution is -1.94. The van der Waals surface area contributed by atoms with Crippen LogP contribution in [0.25, 0.3) is 22.4 Å². The lowest BCUT2D eigenvalue weighted by molar-refractivity contribution is 0.633. The Kier molecular flexibility index (Phi) is 2.78. The fourth-order valence-corrected chi connectivity index (χ4v) is 2.69. The van der Waals surface area contributed by atoms with Crippen LogP contribution in [0.2, 0.25) is 0 Å². The fourth-order valence-electron chi connectivity index (χ4n) is 2.12. The molecule has 96 valence electrons. The van der Waals surface area contributed by atoms with E-state index >= 15 is 0 Å². The van der Waals surface area contributed by atoms with E-state index in [-0.39, 0.29) is 5.69 Å². The molecule has 0 unspecified atom stereocenters. The van der Waals surface area contributed by atoms with Gasteiger partial charge in [0.1, 0.15) is 11.6 Å². The number of H-pyrrole nitrogens is 1. The first kappa shape index (κ1) is 12.2. The molecule has 1 aromatic heterocycles. The van der Waals surface area contributed by atoms with E-state index in [1.165, 1.54) is 6.07 Å². The third kappa shape index (κ3) is 2.00. The van der Waals surface area contributed by atoms with Gasteiger partial charge in [-0.05, 0) is 36.8 Å². The lowest BCUT2D eigenvalue weighted by Gasteiger charge is -2.02. The number of fused-ring (bicyclic) bond motifs is 1. The van der Waals surface area contributed by atoms with Crippen molar-refractivity contribution in [2.45, 2.75) is 6.92 Å². The minimum absolute atomic E-state index is 0.110. The molecule has 0 spiro atoms. The second-order valence-electron chi connectivity index (χ2n) is 4.41. The molecule has 5 heteroatoms. The second-order valence-corrected chi connectivity index (χ2v) is 5.32. The molecule has 0 saturated heterocycles. The van der Waals surface area contributed by atoms with Crippen molar-refractivity contribution in [3.8, 4) is 11.4 Å². The predicted octanol–water partition coefficient (Wildman–Crippen LogP) is 4.02. The summed E-state index contributed by atoms with van der Waals surface area (Å²) in [5.74, 6) is 0.143. The number of anilines is 1. The number of nitrogen functional groups attached to an aromatic ring is 1. The summed E-state index contributed by atoms with van der Waals surface area (Å²) in [6.07, 6.45) is 0. The first-order chi connectivity index (χ1) is 9.06. The zero-order chi connectivity index (χ0) is 13.6. The number of hydrogen-bond donors (Lipinski definition) is 2. The average Bonchev–Trinajstić information content (AvgIpc) is 2.76. The number of nitrogens with two attached hydrogens (primary N) is 1. The van der Waals surface area contributed by atoms with E-state index in [1.54, 1.807) is 12.1 Å². The number of para-hydroxylation sites is 1. The van der Waals surface area contributed by atoms with Crippen LogP contribution in [-0.2, 0) is 0 Å². The maximum atomic E-state index is 13.5. The predicted molar refractivity (Wildman–Crippen MR) is 78.3 cm³/mol. The molecule has 3 nitrogen and oxygen atoms in total. The third-order valence-corrected chi connectivity index (χ3v) is 3.51. The Morgan fingerprint density at radius 2 is 2.11 bits per heavy atom. The monoisotopic (exact) mass is 319 g/mol. The van der Waals surface area contributed by atoms with Crippen LogP contribution < -0.4 is 5.73 Å². The third-order valence-electron chi connectivity index (χ3n) is 3.05. The first-order valence-corrected chi connectivity index (χ1v) is 6.56. The van der Waals surface area contributed by atoms with Crippen LogP contribution >= 0.6 is 15.9 Å². The summed E-state index contributed by atoms with van der Waals surface area (Å²) in [4.78, 5) is 7.68. The van der Waals surface area contributed by atoms with E-state index in [9.17, 15) is 4.39 Å². The summed E-state index contributed by atoms with van der Waals surface area (Å²) in [6, 6.07) is 8.64. The number of aryl methyl sites for hydroxylation is 1. The van der Waals surface area contributed by atoms with Crippen LogP contribution in [0.5, 0.6) is 0 Å². The zero-order valence-corrected chi connectivity index (χ0v) is 11.8. The Morgan fingerprint density at radius 1 is 1.32 bits per heavy atom. The molecule has 3 N–H and O–H groups in total. The van der Waals surface area contributed by atoms with Crippen molar-refractivity contribution in [1.29, 1.82) is 0 Å². The van der Waals surface area contributed by atoms with Crippen LogP contribution in [0.1, 0.15) is 5.56 Å². The van der Waals surface area contributed by atoms with Gasteiger partial charge in [0.05, 0.1) is 16.7 Å². The largest absolute Gasteiger partial charge is 0.396 e. The van der Waals surface area contributed by atoms with Crippen LogP contribution in [-0.4, -0.2) is 9.97 Å². The van der Waals surface area contributed by atoms with E-state index in [4.69, 9.17) is 5.73 Å². The van der Waals surface area contributed by atoms with Crippen molar-refractivity contribution in [3.05, 3.63) is 46.2 Å². The number of hydrogen-bond acceptors (Lipinski definition) is 2. The Morgan fingerprint density at radius 3 is 2.89 bits per heavy atom. The molecule has 0 atom stereocenters. The maximum absolute atomic E-state index is 13.5. The molecule has 0 bridgehead atoms. The summed E-state index contributed by atoms with van der Waals surface area (Å²) in [6.45, 7) is 1.98. The quantitative estimate of drug-likeness (QED) is 0.665. The van der Waals surface area contributed by atoms with Crippen molar-refractivity contribution >= 4 is 32.7 Å². The molecule has 0 aliphatic rings. The molecule has 3 rings (SSSR count). The lowest BCUT2D eigenvalue weighted by atomic mass is 10.1. The molecule has 1 heterocycles. The normalized spacial score (nSPS) is 11.1. The van der Waals surface area contributed by atoms with E-state index in [1.807, 2.05) is 19.1 Å². The number of aromatic amines is 1. The highest BCUT2D eigenvalue weighted by atomic mass is 79.9. The Bertz CT molecular complexity index is 780. The van der Waals surface area contributed by atoms with Gasteiger partial charge >= 0.3 is 0 Å². The van der Waals surface area contributed by atoms with Crippen LogP contribution in [0.4, 0.5) is 10.1 Å². The van der Waals surface area contributed by atoms with Gasteiger partial charge in [0.2, 0.25) is 0 Å². The Labute approximate surface area is 117 Å². The smallest absolute Gasteiger partial charge is 0.146 e. The van der Waals surface area contributed by atoms with Crippen LogP contribution in [0.15, 0.2) is 34.8 Å². The number of imidazole rings is 1. The topological polar surface area (TPSA) is 54.7 Å². The van der Waals surface area contributed by atoms with Gasteiger partial charge in [-0.1, -0.05) is 22.0 Å². The summed E-state index contributed by atoms with van der Waals surface area (Å²) in [5.41, 5.74) is 9.25. The Hall–Kier alpha value is -1.88. The molecule has 0 aliphatic heterocycles. The average molecular weight is 320 g/mol. The highest BCUT2D eigenvalue weighted by Gasteiger charge is 2.12. The van der Waals surface area contributed by atoms with E-state index < -0.39 is 5.82 Å². The van der Waals surface area contributed by atoms with E-state index in [2.05, 4.69) is 25.9 Å². The van der Waals surface area contributed by atoms with Gasteiger partial charge in [-0.15, -0.1) is 0 Å². The molecule has 0 fully saturated rings. The van der Waals surface area contributed by atoms with Gasteiger partial charge < -0.3 is 10.7 Å². The number of nitrogens with zero attached hydrogens (tertiary/aromatic N) is 1. The summed E-state index contributed by atoms with van der Waals surface area (Å²) < 4.78 is 14.5. The molecular weight excluding hydrogens is 309 g/mol. The molecule has 2 aromatic carbocycles. The molecule has 0 radical (unpaired) electrons. The number of aromatic nitrogens is 2. The summed E-state index contributed by atoms with van der Waals surface area (Å²) in [7, 11) is 0. The second kappa shape index (κ2) is 4.35. The molecule has 0 amide bonds. The zero-order valence-electron chi connectivity index (χ0n) is 10.2. The number of nitrogens with one attached hydrogen (secondary N) is 1. The van der Waals surface area contributed by atoms with Gasteiger partial charge in [0.25, 0.3) is 0 Å². The van der Waals surface area contributed by atoms with Gasteiger partial charge in [0.15, 0.2) is 0 Å². The number of benzene rings is 2. The van der Waals surface area contributed by atoms with Gasteiger partial charge in [0, 0.05) is 10.0 Å². The van der Waals surface area contributed by atoms with Crippen molar-refractivity contribution < 1.29 is 4.39 Å². The standard InChI is InChI=1S/C14H11BrFN3/c1-7-5-8(15)6-11-13(7)19-14(18-11)9-3-2-4-10(16)12(9)17/h2-6H,17H2,1H3,(H,18,19). The highest BCUT2D eigenvalue weighted by molar-refractivity contribution is 9.10. The highest BCUT2D eigenvalue weighted by Crippen LogP contribution is 2.29. The van der Waals surface area contributed by atoms with Gasteiger partial charge in [-0.2, -0.15) is 0 Å². The molecular formula is C14H11BrFN3. The minimum Gasteiger partial charge on any atom is -0.396 e. The van der Waals surface area contributed by atoms with Crippen LogP contribution in [0, 0.1) is 12.7 Å². The molecule has 0 aliphatic carbocycles. The van der Waals surface area contributed by atoms with Crippen molar-refractivity contribution in [3.63, 3.8) is 0 Å². The SMILES string of the molecule is Cc1cc(Br)cc2[nH]c(-c3cccc(F)c3N)nc12. The number of halogens is 2. The van der Waals surface area contributed by atoms with Crippen LogP contribution in [0.3, 0.4) is 0 Å². The van der Waals surface area contributed by atoms with Crippen molar-refractivity contribution in [2.24, 2.45) is 0 Å². The van der Waals surface area contributed by atoms with Gasteiger partial charge in [-0.25, -0.2) is 9.37 Å². The minimum atomic E-state index is -0.434. The van der Waals surface area contributed by atoms with E-state index in [0.29, 0.717) is 11.4 Å². The molecule has 3 aromatic rings. The van der Waals surface area contributed by atoms with Crippen molar-refractivity contribution in [2.75, 3.05) is 5.73 Å². The number of rotatable bonds is 1. The summed E-state index contributed by atoms with van der Waals surface area (Å²) >= 11 is 3.44. The first-order valence-electron chi connectivity index (χ1n) is 5.76. The molecule has 0 saturated carbocycles. The molecule has 19 heavy (non-hydrogen) atoms. The van der Waals surface area contributed by atoms with Crippen molar-refractivity contribution in [1.82, 2.24) is 9.97 Å². The Balaban J connectivity index is 2.26. The maximum Gasteiger partial charge on any atom is 0.146 e. The van der Waals surface area contributed by atoms with Gasteiger partial charge in [-0.3, -0.25) is 0 Å². The fraction of sp³-hybridized carbons (Fsp3) is 0.0714.